The van der Waals surface area contributed by atoms with Crippen molar-refractivity contribution in [3.63, 3.8) is 0 Å². The summed E-state index contributed by atoms with van der Waals surface area (Å²) in [6, 6.07) is 4.22. The van der Waals surface area contributed by atoms with Gasteiger partial charge in [-0.25, -0.2) is 4.98 Å². The van der Waals surface area contributed by atoms with Crippen molar-refractivity contribution in [2.24, 2.45) is 4.99 Å². The summed E-state index contributed by atoms with van der Waals surface area (Å²) in [6.45, 7) is 6.11. The molecule has 1 unspecified atom stereocenters. The van der Waals surface area contributed by atoms with Crippen molar-refractivity contribution in [3.05, 3.63) is 23.9 Å². The third kappa shape index (κ3) is 7.42. The van der Waals surface area contributed by atoms with Gasteiger partial charge in [0.2, 0.25) is 0 Å². The van der Waals surface area contributed by atoms with Gasteiger partial charge in [0, 0.05) is 52.6 Å². The number of anilines is 1. The minimum Gasteiger partial charge on any atom is -0.379 e. The molecular formula is C19H32IN5O2. The number of nitrogens with zero attached hydrogens (tertiary/aromatic N) is 3. The van der Waals surface area contributed by atoms with Gasteiger partial charge in [-0.15, -0.1) is 24.0 Å². The molecular weight excluding hydrogens is 457 g/mol. The smallest absolute Gasteiger partial charge is 0.191 e. The molecule has 2 aliphatic rings. The molecule has 3 rings (SSSR count). The molecule has 0 aromatic carbocycles. The second-order valence-corrected chi connectivity index (χ2v) is 6.78. The van der Waals surface area contributed by atoms with Crippen molar-refractivity contribution < 1.29 is 9.47 Å². The number of guanidine groups is 1. The first-order chi connectivity index (χ1) is 12.8. The van der Waals surface area contributed by atoms with Crippen LogP contribution in [0.25, 0.3) is 0 Å². The number of hydrogen-bond acceptors (Lipinski definition) is 5. The Hall–Kier alpha value is -1.13. The van der Waals surface area contributed by atoms with Crippen molar-refractivity contribution in [2.45, 2.75) is 38.3 Å². The molecule has 2 fully saturated rings. The Bertz CT molecular complexity index is 575. The second kappa shape index (κ2) is 12.4. The van der Waals surface area contributed by atoms with E-state index in [4.69, 9.17) is 9.47 Å². The van der Waals surface area contributed by atoms with Crippen molar-refractivity contribution in [3.8, 4) is 0 Å². The molecule has 0 amide bonds. The molecule has 2 aliphatic heterocycles. The highest BCUT2D eigenvalue weighted by Crippen LogP contribution is 2.18. The Morgan fingerprint density at radius 2 is 2.22 bits per heavy atom. The van der Waals surface area contributed by atoms with Crippen LogP contribution in [0.5, 0.6) is 0 Å². The van der Waals surface area contributed by atoms with Crippen LogP contribution in [0.3, 0.4) is 0 Å². The largest absolute Gasteiger partial charge is 0.379 e. The quantitative estimate of drug-likeness (QED) is 0.253. The molecule has 2 saturated heterocycles. The van der Waals surface area contributed by atoms with Crippen molar-refractivity contribution in [2.75, 3.05) is 51.4 Å². The lowest BCUT2D eigenvalue weighted by Crippen LogP contribution is -2.37. The molecule has 0 radical (unpaired) electrons. The van der Waals surface area contributed by atoms with Crippen LogP contribution in [0.4, 0.5) is 5.82 Å². The summed E-state index contributed by atoms with van der Waals surface area (Å²) >= 11 is 0. The van der Waals surface area contributed by atoms with E-state index in [0.717, 1.165) is 70.6 Å². The molecule has 3 heterocycles. The van der Waals surface area contributed by atoms with Crippen molar-refractivity contribution in [1.82, 2.24) is 15.6 Å². The zero-order valence-corrected chi connectivity index (χ0v) is 18.5. The highest BCUT2D eigenvalue weighted by molar-refractivity contribution is 14.0. The van der Waals surface area contributed by atoms with Crippen LogP contribution in [0.15, 0.2) is 23.3 Å². The Labute approximate surface area is 179 Å². The van der Waals surface area contributed by atoms with Gasteiger partial charge in [-0.1, -0.05) is 0 Å². The summed E-state index contributed by atoms with van der Waals surface area (Å²) in [5, 5.41) is 6.70. The molecule has 0 saturated carbocycles. The van der Waals surface area contributed by atoms with Crippen LogP contribution < -0.4 is 15.5 Å². The van der Waals surface area contributed by atoms with Gasteiger partial charge in [0.15, 0.2) is 5.96 Å². The number of ether oxygens (including phenoxy) is 2. The van der Waals surface area contributed by atoms with E-state index >= 15 is 0 Å². The molecule has 0 spiro atoms. The third-order valence-corrected chi connectivity index (χ3v) is 4.78. The van der Waals surface area contributed by atoms with E-state index in [2.05, 4.69) is 37.6 Å². The van der Waals surface area contributed by atoms with Gasteiger partial charge in [-0.05, 0) is 43.4 Å². The third-order valence-electron chi connectivity index (χ3n) is 4.78. The molecule has 7 nitrogen and oxygen atoms in total. The molecule has 152 valence electrons. The standard InChI is InChI=1S/C19H31N5O2.HI/c1-20-19(22-7-4-11-26-17-6-12-25-15-17)23-14-16-5-8-21-18(13-16)24-9-2-3-10-24;/h5,8,13,17H,2-4,6-7,9-12,14-15H2,1H3,(H2,20,22,23);1H. The zero-order chi connectivity index (χ0) is 18.0. The predicted molar refractivity (Wildman–Crippen MR) is 119 cm³/mol. The average Bonchev–Trinajstić information content (AvgIpc) is 3.38. The molecule has 0 aliphatic carbocycles. The van der Waals surface area contributed by atoms with Crippen LogP contribution in [-0.4, -0.2) is 63.6 Å². The first-order valence-corrected chi connectivity index (χ1v) is 9.69. The highest BCUT2D eigenvalue weighted by Gasteiger charge is 2.15. The maximum Gasteiger partial charge on any atom is 0.191 e. The minimum absolute atomic E-state index is 0. The molecule has 1 aromatic rings. The summed E-state index contributed by atoms with van der Waals surface area (Å²) in [7, 11) is 1.80. The Kier molecular flexibility index (Phi) is 10.1. The fourth-order valence-electron chi connectivity index (χ4n) is 3.27. The summed E-state index contributed by atoms with van der Waals surface area (Å²) in [5.41, 5.74) is 1.22. The van der Waals surface area contributed by atoms with Crippen LogP contribution in [0, 0.1) is 0 Å². The first kappa shape index (κ1) is 22.2. The van der Waals surface area contributed by atoms with Crippen LogP contribution in [0.1, 0.15) is 31.2 Å². The SMILES string of the molecule is CN=C(NCCCOC1CCOC1)NCc1ccnc(N2CCCC2)c1.I. The van der Waals surface area contributed by atoms with E-state index < -0.39 is 0 Å². The lowest BCUT2D eigenvalue weighted by Gasteiger charge is -2.17. The van der Waals surface area contributed by atoms with Crippen LogP contribution in [-0.2, 0) is 16.0 Å². The summed E-state index contributed by atoms with van der Waals surface area (Å²) in [5.74, 6) is 1.89. The highest BCUT2D eigenvalue weighted by atomic mass is 127. The lowest BCUT2D eigenvalue weighted by atomic mass is 10.2. The summed E-state index contributed by atoms with van der Waals surface area (Å²) in [4.78, 5) is 11.1. The molecule has 1 atom stereocenters. The van der Waals surface area contributed by atoms with Gasteiger partial charge >= 0.3 is 0 Å². The minimum atomic E-state index is 0. The van der Waals surface area contributed by atoms with E-state index in [9.17, 15) is 0 Å². The summed E-state index contributed by atoms with van der Waals surface area (Å²) < 4.78 is 11.1. The van der Waals surface area contributed by atoms with Gasteiger partial charge in [0.1, 0.15) is 5.82 Å². The zero-order valence-electron chi connectivity index (χ0n) is 16.2. The van der Waals surface area contributed by atoms with E-state index in [1.807, 2.05) is 6.20 Å². The van der Waals surface area contributed by atoms with Crippen molar-refractivity contribution in [1.29, 1.82) is 0 Å². The molecule has 0 bridgehead atoms. The van der Waals surface area contributed by atoms with Gasteiger partial charge in [0.05, 0.1) is 12.7 Å². The molecule has 27 heavy (non-hydrogen) atoms. The topological polar surface area (TPSA) is 71.0 Å². The number of nitrogens with one attached hydrogen (secondary N) is 2. The van der Waals surface area contributed by atoms with Crippen LogP contribution >= 0.6 is 24.0 Å². The number of hydrogen-bond donors (Lipinski definition) is 2. The van der Waals surface area contributed by atoms with Crippen molar-refractivity contribution >= 4 is 35.8 Å². The normalized spacial score (nSPS) is 19.8. The summed E-state index contributed by atoms with van der Waals surface area (Å²) in [6.07, 6.45) is 6.67. The maximum atomic E-state index is 5.77. The Morgan fingerprint density at radius 1 is 1.37 bits per heavy atom. The number of aliphatic imine (C=N–C) groups is 1. The van der Waals surface area contributed by atoms with Gasteiger partial charge in [-0.2, -0.15) is 0 Å². The number of rotatable bonds is 8. The van der Waals surface area contributed by atoms with E-state index in [1.165, 1.54) is 18.4 Å². The number of aromatic nitrogens is 1. The number of pyridine rings is 1. The maximum absolute atomic E-state index is 5.77. The van der Waals surface area contributed by atoms with Gasteiger partial charge in [0.25, 0.3) is 0 Å². The molecule has 1 aromatic heterocycles. The predicted octanol–water partition coefficient (Wildman–Crippen LogP) is 2.16. The lowest BCUT2D eigenvalue weighted by molar-refractivity contribution is 0.0420. The second-order valence-electron chi connectivity index (χ2n) is 6.78. The monoisotopic (exact) mass is 489 g/mol. The molecule has 2 N–H and O–H groups in total. The average molecular weight is 489 g/mol. The van der Waals surface area contributed by atoms with Gasteiger partial charge < -0.3 is 25.0 Å². The fraction of sp³-hybridized carbons (Fsp3) is 0.684. The molecule has 8 heteroatoms. The van der Waals surface area contributed by atoms with E-state index in [-0.39, 0.29) is 30.1 Å². The first-order valence-electron chi connectivity index (χ1n) is 9.69. The Morgan fingerprint density at radius 3 is 2.96 bits per heavy atom. The van der Waals surface area contributed by atoms with Crippen LogP contribution in [0.2, 0.25) is 0 Å². The fourth-order valence-corrected chi connectivity index (χ4v) is 3.27. The van der Waals surface area contributed by atoms with E-state index in [1.54, 1.807) is 7.05 Å². The van der Waals surface area contributed by atoms with E-state index in [0.29, 0.717) is 0 Å². The number of halogens is 1. The van der Waals surface area contributed by atoms with Gasteiger partial charge in [-0.3, -0.25) is 4.99 Å². The Balaban J connectivity index is 0.00000261.